The molecule has 0 radical (unpaired) electrons. The number of hydrogen-bond acceptors (Lipinski definition) is 8. The van der Waals surface area contributed by atoms with Crippen molar-refractivity contribution in [3.8, 4) is 11.8 Å². The lowest BCUT2D eigenvalue weighted by Gasteiger charge is -2.08. The maximum absolute atomic E-state index is 5.69. The summed E-state index contributed by atoms with van der Waals surface area (Å²) in [5.41, 5.74) is 0. The van der Waals surface area contributed by atoms with E-state index in [9.17, 15) is 0 Å². The summed E-state index contributed by atoms with van der Waals surface area (Å²) in [6.45, 7) is 2.42. The van der Waals surface area contributed by atoms with Gasteiger partial charge in [-0.25, -0.2) is 0 Å². The second kappa shape index (κ2) is 10.9. The molecule has 0 fully saturated rings. The van der Waals surface area contributed by atoms with Gasteiger partial charge in [-0.05, 0) is 0 Å². The summed E-state index contributed by atoms with van der Waals surface area (Å²) in [4.78, 5) is 15.6. The Balaban J connectivity index is 1.42. The van der Waals surface area contributed by atoms with Gasteiger partial charge in [0.1, 0.15) is 13.2 Å². The lowest BCUT2D eigenvalue weighted by molar-refractivity contribution is 0.0265. The normalized spacial score (nSPS) is 10.6. The first kappa shape index (κ1) is 18.6. The van der Waals surface area contributed by atoms with E-state index in [0.29, 0.717) is 51.4 Å². The largest absolute Gasteiger partial charge is 0.474 e. The third-order valence-corrected chi connectivity index (χ3v) is 2.86. The van der Waals surface area contributed by atoms with Crippen LogP contribution in [-0.4, -0.2) is 59.6 Å². The molecule has 0 saturated carbocycles. The summed E-state index contributed by atoms with van der Waals surface area (Å²) < 4.78 is 21.4. The Morgan fingerprint density at radius 3 is 1.46 bits per heavy atom. The molecule has 0 aliphatic heterocycles. The molecule has 2 aromatic heterocycles. The summed E-state index contributed by atoms with van der Waals surface area (Å²) in [5.74, 6) is 0.729. The molecule has 0 bridgehead atoms. The Morgan fingerprint density at radius 2 is 1.04 bits per heavy atom. The molecule has 2 rings (SSSR count). The van der Waals surface area contributed by atoms with Gasteiger partial charge in [0.2, 0.25) is 11.8 Å². The van der Waals surface area contributed by atoms with Crippen LogP contribution in [0.4, 0.5) is 0 Å². The molecule has 10 heteroatoms. The van der Waals surface area contributed by atoms with Gasteiger partial charge in [-0.15, -0.1) is 0 Å². The SMILES string of the molecule is Clc1cncc(OCCOCCOCCOc2cncc(Cl)n2)n1. The van der Waals surface area contributed by atoms with Gasteiger partial charge < -0.3 is 18.9 Å². The molecule has 0 aliphatic carbocycles. The second-order valence-corrected chi connectivity index (χ2v) is 5.06. The van der Waals surface area contributed by atoms with E-state index in [-0.39, 0.29) is 10.3 Å². The van der Waals surface area contributed by atoms with Gasteiger partial charge in [-0.2, -0.15) is 9.97 Å². The summed E-state index contributed by atoms with van der Waals surface area (Å²) in [6.07, 6.45) is 5.84. The van der Waals surface area contributed by atoms with Crippen LogP contribution in [0, 0.1) is 0 Å². The standard InChI is InChI=1S/C14H16Cl2N4O4/c15-11-7-17-9-13(19-11)23-5-3-21-1-2-22-4-6-24-14-10-18-8-12(16)20-14/h7-10H,1-6H2. The molecule has 0 spiro atoms. The van der Waals surface area contributed by atoms with Crippen LogP contribution in [0.2, 0.25) is 10.3 Å². The van der Waals surface area contributed by atoms with Crippen molar-refractivity contribution < 1.29 is 18.9 Å². The Labute approximate surface area is 149 Å². The van der Waals surface area contributed by atoms with Gasteiger partial charge in [0.15, 0.2) is 10.3 Å². The first-order valence-electron chi connectivity index (χ1n) is 7.10. The van der Waals surface area contributed by atoms with E-state index in [4.69, 9.17) is 42.1 Å². The Kier molecular flexibility index (Phi) is 8.47. The van der Waals surface area contributed by atoms with Crippen LogP contribution >= 0.6 is 23.2 Å². The lowest BCUT2D eigenvalue weighted by atomic mass is 10.6. The average Bonchev–Trinajstić information content (AvgIpc) is 2.57. The van der Waals surface area contributed by atoms with Crippen molar-refractivity contribution in [1.82, 2.24) is 19.9 Å². The highest BCUT2D eigenvalue weighted by atomic mass is 35.5. The second-order valence-electron chi connectivity index (χ2n) is 4.28. The summed E-state index contributed by atoms with van der Waals surface area (Å²) >= 11 is 11.4. The van der Waals surface area contributed by atoms with Gasteiger partial charge in [-0.1, -0.05) is 23.2 Å². The van der Waals surface area contributed by atoms with Crippen molar-refractivity contribution in [3.05, 3.63) is 35.1 Å². The molecule has 0 aliphatic rings. The average molecular weight is 375 g/mol. The highest BCUT2D eigenvalue weighted by Crippen LogP contribution is 2.09. The quantitative estimate of drug-likeness (QED) is 0.552. The minimum absolute atomic E-state index is 0.285. The van der Waals surface area contributed by atoms with Crippen LogP contribution < -0.4 is 9.47 Å². The molecule has 8 nitrogen and oxygen atoms in total. The third-order valence-electron chi connectivity index (χ3n) is 2.49. The molecule has 0 N–H and O–H groups in total. The zero-order valence-corrected chi connectivity index (χ0v) is 14.2. The maximum atomic E-state index is 5.69. The fraction of sp³-hybridized carbons (Fsp3) is 0.429. The van der Waals surface area contributed by atoms with Crippen LogP contribution in [0.25, 0.3) is 0 Å². The molecule has 2 heterocycles. The van der Waals surface area contributed by atoms with Crippen molar-refractivity contribution in [1.29, 1.82) is 0 Å². The molecule has 0 aromatic carbocycles. The molecular formula is C14H16Cl2N4O4. The summed E-state index contributed by atoms with van der Waals surface area (Å²) in [5, 5.41) is 0.570. The zero-order chi connectivity index (χ0) is 17.0. The van der Waals surface area contributed by atoms with Crippen LogP contribution in [0.1, 0.15) is 0 Å². The number of rotatable bonds is 11. The summed E-state index contributed by atoms with van der Waals surface area (Å²) in [6, 6.07) is 0. The summed E-state index contributed by atoms with van der Waals surface area (Å²) in [7, 11) is 0. The van der Waals surface area contributed by atoms with Crippen LogP contribution in [0.5, 0.6) is 11.8 Å². The van der Waals surface area contributed by atoms with E-state index >= 15 is 0 Å². The van der Waals surface area contributed by atoms with Crippen molar-refractivity contribution >= 4 is 23.2 Å². The van der Waals surface area contributed by atoms with Crippen LogP contribution in [0.3, 0.4) is 0 Å². The maximum Gasteiger partial charge on any atom is 0.233 e. The Morgan fingerprint density at radius 1 is 0.625 bits per heavy atom. The van der Waals surface area contributed by atoms with E-state index in [2.05, 4.69) is 19.9 Å². The number of hydrogen-bond donors (Lipinski definition) is 0. The first-order chi connectivity index (χ1) is 11.7. The van der Waals surface area contributed by atoms with Crippen molar-refractivity contribution in [2.75, 3.05) is 39.6 Å². The minimum Gasteiger partial charge on any atom is -0.474 e. The number of nitrogens with zero attached hydrogens (tertiary/aromatic N) is 4. The van der Waals surface area contributed by atoms with E-state index in [1.54, 1.807) is 0 Å². The number of halogens is 2. The van der Waals surface area contributed by atoms with E-state index in [1.165, 1.54) is 24.8 Å². The molecular weight excluding hydrogens is 359 g/mol. The molecule has 24 heavy (non-hydrogen) atoms. The van der Waals surface area contributed by atoms with E-state index in [0.717, 1.165) is 0 Å². The van der Waals surface area contributed by atoms with Gasteiger partial charge in [-0.3, -0.25) is 9.97 Å². The van der Waals surface area contributed by atoms with Gasteiger partial charge in [0, 0.05) is 0 Å². The fourth-order valence-electron chi connectivity index (χ4n) is 1.52. The highest BCUT2D eigenvalue weighted by Gasteiger charge is 1.99. The van der Waals surface area contributed by atoms with Crippen molar-refractivity contribution in [2.45, 2.75) is 0 Å². The van der Waals surface area contributed by atoms with Crippen LogP contribution in [0.15, 0.2) is 24.8 Å². The molecule has 0 amide bonds. The molecule has 130 valence electrons. The topological polar surface area (TPSA) is 88.5 Å². The Hall–Kier alpha value is -1.74. The number of aromatic nitrogens is 4. The first-order valence-corrected chi connectivity index (χ1v) is 7.86. The highest BCUT2D eigenvalue weighted by molar-refractivity contribution is 6.29. The van der Waals surface area contributed by atoms with E-state index < -0.39 is 0 Å². The molecule has 0 unspecified atom stereocenters. The fourth-order valence-corrected chi connectivity index (χ4v) is 1.80. The van der Waals surface area contributed by atoms with Crippen molar-refractivity contribution in [2.24, 2.45) is 0 Å². The zero-order valence-electron chi connectivity index (χ0n) is 12.7. The van der Waals surface area contributed by atoms with Gasteiger partial charge >= 0.3 is 0 Å². The molecule has 2 aromatic rings. The lowest BCUT2D eigenvalue weighted by Crippen LogP contribution is -2.14. The molecule has 0 saturated heterocycles. The van der Waals surface area contributed by atoms with Crippen LogP contribution in [-0.2, 0) is 9.47 Å². The minimum atomic E-state index is 0.285. The number of ether oxygens (including phenoxy) is 4. The van der Waals surface area contributed by atoms with E-state index in [1.807, 2.05) is 0 Å². The van der Waals surface area contributed by atoms with Crippen molar-refractivity contribution in [3.63, 3.8) is 0 Å². The monoisotopic (exact) mass is 374 g/mol. The predicted molar refractivity (Wildman–Crippen MR) is 86.7 cm³/mol. The smallest absolute Gasteiger partial charge is 0.233 e. The Bertz CT molecular complexity index is 567. The molecule has 0 atom stereocenters. The van der Waals surface area contributed by atoms with Gasteiger partial charge in [0.05, 0.1) is 51.2 Å². The third kappa shape index (κ3) is 7.69. The predicted octanol–water partition coefficient (Wildman–Crippen LogP) is 2.06. The van der Waals surface area contributed by atoms with Gasteiger partial charge in [0.25, 0.3) is 0 Å².